The zero-order chi connectivity index (χ0) is 15.9. The van der Waals surface area contributed by atoms with Crippen LogP contribution in [0.3, 0.4) is 0 Å². The molecular formula is C17H24N2O3. The predicted molar refractivity (Wildman–Crippen MR) is 85.0 cm³/mol. The number of hydrogen-bond acceptors (Lipinski definition) is 3. The van der Waals surface area contributed by atoms with E-state index in [0.717, 1.165) is 25.9 Å². The zero-order valence-corrected chi connectivity index (χ0v) is 13.2. The van der Waals surface area contributed by atoms with Crippen LogP contribution in [0.5, 0.6) is 0 Å². The third kappa shape index (κ3) is 4.56. The van der Waals surface area contributed by atoms with Gasteiger partial charge in [0.25, 0.3) is 11.8 Å². The summed E-state index contributed by atoms with van der Waals surface area (Å²) >= 11 is 0. The first-order valence-corrected chi connectivity index (χ1v) is 7.91. The Hall–Kier alpha value is -1.88. The number of ether oxygens (including phenoxy) is 1. The highest BCUT2D eigenvalue weighted by atomic mass is 16.5. The molecule has 2 rings (SSSR count). The molecule has 0 radical (unpaired) electrons. The molecule has 0 spiro atoms. The second-order valence-electron chi connectivity index (χ2n) is 5.71. The van der Waals surface area contributed by atoms with Crippen LogP contribution in [0, 0.1) is 0 Å². The fourth-order valence-electron chi connectivity index (χ4n) is 2.30. The summed E-state index contributed by atoms with van der Waals surface area (Å²) in [7, 11) is 0. The molecule has 1 aromatic carbocycles. The van der Waals surface area contributed by atoms with E-state index in [9.17, 15) is 9.59 Å². The summed E-state index contributed by atoms with van der Waals surface area (Å²) < 4.78 is 5.47. The molecule has 1 saturated heterocycles. The van der Waals surface area contributed by atoms with Crippen molar-refractivity contribution in [3.05, 3.63) is 35.4 Å². The van der Waals surface area contributed by atoms with Gasteiger partial charge in [0.2, 0.25) is 0 Å². The van der Waals surface area contributed by atoms with Gasteiger partial charge >= 0.3 is 0 Å². The maximum Gasteiger partial charge on any atom is 0.251 e. The minimum atomic E-state index is -0.135. The van der Waals surface area contributed by atoms with Gasteiger partial charge in [0.1, 0.15) is 0 Å². The Morgan fingerprint density at radius 2 is 1.86 bits per heavy atom. The molecule has 120 valence electrons. The van der Waals surface area contributed by atoms with Crippen molar-refractivity contribution in [3.8, 4) is 0 Å². The van der Waals surface area contributed by atoms with E-state index in [1.54, 1.807) is 24.3 Å². The van der Waals surface area contributed by atoms with Gasteiger partial charge in [-0.2, -0.15) is 0 Å². The van der Waals surface area contributed by atoms with Crippen LogP contribution < -0.4 is 10.6 Å². The van der Waals surface area contributed by atoms with Gasteiger partial charge in [-0.25, -0.2) is 0 Å². The Balaban J connectivity index is 1.87. The maximum absolute atomic E-state index is 12.0. The molecule has 1 aliphatic heterocycles. The van der Waals surface area contributed by atoms with Gasteiger partial charge in [0.05, 0.1) is 6.10 Å². The normalized spacial score (nSPS) is 18.7. The molecule has 0 bridgehead atoms. The first-order chi connectivity index (χ1) is 10.6. The van der Waals surface area contributed by atoms with Crippen LogP contribution in [0.1, 0.15) is 53.8 Å². The van der Waals surface area contributed by atoms with Crippen LogP contribution in [0.15, 0.2) is 24.3 Å². The van der Waals surface area contributed by atoms with Gasteiger partial charge in [-0.3, -0.25) is 9.59 Å². The lowest BCUT2D eigenvalue weighted by molar-refractivity contribution is 0.0857. The summed E-state index contributed by atoms with van der Waals surface area (Å²) in [6.45, 7) is 5.30. The van der Waals surface area contributed by atoms with Crippen LogP contribution in [0.2, 0.25) is 0 Å². The van der Waals surface area contributed by atoms with Crippen molar-refractivity contribution in [1.82, 2.24) is 10.6 Å². The van der Waals surface area contributed by atoms with E-state index in [0.29, 0.717) is 17.7 Å². The van der Waals surface area contributed by atoms with E-state index < -0.39 is 0 Å². The van der Waals surface area contributed by atoms with E-state index in [1.165, 1.54) is 0 Å². The van der Waals surface area contributed by atoms with Crippen molar-refractivity contribution in [2.75, 3.05) is 13.2 Å². The SMILES string of the molecule is CCC(C)NC(=O)c1ccc(C(=O)NCC2CCCO2)cc1. The average molecular weight is 304 g/mol. The molecule has 1 heterocycles. The molecule has 5 nitrogen and oxygen atoms in total. The summed E-state index contributed by atoms with van der Waals surface area (Å²) in [6, 6.07) is 6.85. The predicted octanol–water partition coefficient (Wildman–Crippen LogP) is 2.12. The number of carbonyl (C=O) groups excluding carboxylic acids is 2. The number of hydrogen-bond donors (Lipinski definition) is 2. The molecule has 0 aliphatic carbocycles. The van der Waals surface area contributed by atoms with Gasteiger partial charge in [-0.05, 0) is 50.5 Å². The second-order valence-corrected chi connectivity index (χ2v) is 5.71. The number of benzene rings is 1. The molecule has 2 amide bonds. The Bertz CT molecular complexity index is 507. The zero-order valence-electron chi connectivity index (χ0n) is 13.2. The third-order valence-electron chi connectivity index (χ3n) is 3.91. The van der Waals surface area contributed by atoms with E-state index in [4.69, 9.17) is 4.74 Å². The van der Waals surface area contributed by atoms with Crippen molar-refractivity contribution in [3.63, 3.8) is 0 Å². The number of carbonyl (C=O) groups is 2. The van der Waals surface area contributed by atoms with E-state index in [-0.39, 0.29) is 24.0 Å². The van der Waals surface area contributed by atoms with Crippen LogP contribution >= 0.6 is 0 Å². The largest absolute Gasteiger partial charge is 0.376 e. The summed E-state index contributed by atoms with van der Waals surface area (Å²) in [6.07, 6.45) is 3.06. The van der Waals surface area contributed by atoms with Crippen LogP contribution in [-0.4, -0.2) is 37.1 Å². The van der Waals surface area contributed by atoms with Gasteiger partial charge in [0.15, 0.2) is 0 Å². The molecule has 2 unspecified atom stereocenters. The number of amides is 2. The van der Waals surface area contributed by atoms with Crippen LogP contribution in [-0.2, 0) is 4.74 Å². The Kier molecular flexibility index (Phi) is 5.95. The number of nitrogens with one attached hydrogen (secondary N) is 2. The first kappa shape index (κ1) is 16.5. The van der Waals surface area contributed by atoms with Crippen LogP contribution in [0.4, 0.5) is 0 Å². The minimum absolute atomic E-state index is 0.110. The minimum Gasteiger partial charge on any atom is -0.376 e. The van der Waals surface area contributed by atoms with Crippen LogP contribution in [0.25, 0.3) is 0 Å². The fourth-order valence-corrected chi connectivity index (χ4v) is 2.30. The van der Waals surface area contributed by atoms with Crippen molar-refractivity contribution < 1.29 is 14.3 Å². The fraction of sp³-hybridized carbons (Fsp3) is 0.529. The van der Waals surface area contributed by atoms with Gasteiger partial charge in [-0.1, -0.05) is 6.92 Å². The summed E-state index contributed by atoms with van der Waals surface area (Å²) in [4.78, 5) is 24.0. The molecule has 22 heavy (non-hydrogen) atoms. The van der Waals surface area contributed by atoms with E-state index >= 15 is 0 Å². The Morgan fingerprint density at radius 1 is 1.23 bits per heavy atom. The van der Waals surface area contributed by atoms with Gasteiger partial charge in [-0.15, -0.1) is 0 Å². The topological polar surface area (TPSA) is 67.4 Å². The van der Waals surface area contributed by atoms with Crippen molar-refractivity contribution in [1.29, 1.82) is 0 Å². The lowest BCUT2D eigenvalue weighted by Crippen LogP contribution is -2.32. The van der Waals surface area contributed by atoms with Crippen molar-refractivity contribution in [2.45, 2.75) is 45.3 Å². The lowest BCUT2D eigenvalue weighted by atomic mass is 10.1. The molecule has 0 aromatic heterocycles. The lowest BCUT2D eigenvalue weighted by Gasteiger charge is -2.12. The molecule has 5 heteroatoms. The smallest absolute Gasteiger partial charge is 0.251 e. The molecule has 1 fully saturated rings. The Labute approximate surface area is 131 Å². The highest BCUT2D eigenvalue weighted by Crippen LogP contribution is 2.11. The summed E-state index contributed by atoms with van der Waals surface area (Å²) in [5.74, 6) is -0.245. The second kappa shape index (κ2) is 7.94. The monoisotopic (exact) mass is 304 g/mol. The molecular weight excluding hydrogens is 280 g/mol. The van der Waals surface area contributed by atoms with Crippen molar-refractivity contribution in [2.24, 2.45) is 0 Å². The van der Waals surface area contributed by atoms with E-state index in [2.05, 4.69) is 10.6 Å². The molecule has 2 atom stereocenters. The van der Waals surface area contributed by atoms with Crippen molar-refractivity contribution >= 4 is 11.8 Å². The molecule has 2 N–H and O–H groups in total. The Morgan fingerprint density at radius 3 is 2.41 bits per heavy atom. The van der Waals surface area contributed by atoms with E-state index in [1.807, 2.05) is 13.8 Å². The molecule has 1 aromatic rings. The van der Waals surface area contributed by atoms with Gasteiger partial charge in [0, 0.05) is 30.3 Å². The standard InChI is InChI=1S/C17H24N2O3/c1-3-12(2)19-17(21)14-8-6-13(7-9-14)16(20)18-11-15-5-4-10-22-15/h6-9,12,15H,3-5,10-11H2,1-2H3,(H,18,20)(H,19,21). The summed E-state index contributed by atoms with van der Waals surface area (Å²) in [5.41, 5.74) is 1.12. The first-order valence-electron chi connectivity index (χ1n) is 7.91. The molecule has 0 saturated carbocycles. The highest BCUT2D eigenvalue weighted by molar-refractivity contribution is 5.97. The average Bonchev–Trinajstić information content (AvgIpc) is 3.06. The van der Waals surface area contributed by atoms with Gasteiger partial charge < -0.3 is 15.4 Å². The third-order valence-corrected chi connectivity index (χ3v) is 3.91. The summed E-state index contributed by atoms with van der Waals surface area (Å²) in [5, 5.41) is 5.77. The highest BCUT2D eigenvalue weighted by Gasteiger charge is 2.17. The number of rotatable bonds is 6. The maximum atomic E-state index is 12.0. The quantitative estimate of drug-likeness (QED) is 0.846. The molecule has 1 aliphatic rings.